The van der Waals surface area contributed by atoms with Crippen molar-refractivity contribution in [2.45, 2.75) is 24.8 Å². The molecule has 6 heteroatoms. The molecule has 1 aliphatic carbocycles. The highest BCUT2D eigenvalue weighted by Gasteiger charge is 2.29. The van der Waals surface area contributed by atoms with Gasteiger partial charge in [-0.15, -0.1) is 11.3 Å². The zero-order chi connectivity index (χ0) is 14.8. The van der Waals surface area contributed by atoms with E-state index in [-0.39, 0.29) is 11.9 Å². The summed E-state index contributed by atoms with van der Waals surface area (Å²) in [5, 5.41) is 8.86. The average Bonchev–Trinajstić information content (AvgIpc) is 2.98. The molecule has 0 unspecified atom stereocenters. The largest absolute Gasteiger partial charge is 0.360 e. The van der Waals surface area contributed by atoms with Crippen LogP contribution in [0.5, 0.6) is 0 Å². The number of hydrogen-bond acceptors (Lipinski definition) is 5. The summed E-state index contributed by atoms with van der Waals surface area (Å²) >= 11 is 1.70. The van der Waals surface area contributed by atoms with Crippen LogP contribution in [-0.2, 0) is 0 Å². The fourth-order valence-electron chi connectivity index (χ4n) is 2.26. The van der Waals surface area contributed by atoms with Gasteiger partial charge in [0.1, 0.15) is 5.76 Å². The predicted molar refractivity (Wildman–Crippen MR) is 81.6 cm³/mol. The molecule has 1 amide bonds. The van der Waals surface area contributed by atoms with Crippen molar-refractivity contribution in [1.82, 2.24) is 15.4 Å². The minimum absolute atomic E-state index is 0.170. The van der Waals surface area contributed by atoms with Gasteiger partial charge in [-0.3, -0.25) is 4.79 Å². The Morgan fingerprint density at radius 2 is 2.38 bits per heavy atom. The summed E-state index contributed by atoms with van der Waals surface area (Å²) in [5.74, 6) is 1.14. The smallest absolute Gasteiger partial charge is 0.273 e. The number of nitrogens with one attached hydrogen (secondary N) is 1. The molecule has 2 aromatic rings. The van der Waals surface area contributed by atoms with Crippen LogP contribution < -0.4 is 5.32 Å². The molecule has 1 aliphatic rings. The number of likely N-dealkylation sites (N-methyl/N-ethyl adjacent to an activating group) is 1. The number of thiophene rings is 1. The standard InChI is InChI=1S/C15H19N3O2S/c1-18(2)12(14-4-3-7-21-14)9-16-15(19)11-8-13(20-17-11)10-5-6-10/h3-4,7-8,10,12H,5-6,9H2,1-2H3,(H,16,19)/t12-/m0/s1. The number of rotatable bonds is 6. The minimum atomic E-state index is -0.172. The Bertz CT molecular complexity index is 602. The van der Waals surface area contributed by atoms with Gasteiger partial charge in [0.15, 0.2) is 5.69 Å². The van der Waals surface area contributed by atoms with E-state index in [0.29, 0.717) is 18.2 Å². The van der Waals surface area contributed by atoms with Crippen molar-refractivity contribution in [2.24, 2.45) is 0 Å². The van der Waals surface area contributed by atoms with Crippen LogP contribution in [-0.4, -0.2) is 36.6 Å². The van der Waals surface area contributed by atoms with Crippen molar-refractivity contribution in [1.29, 1.82) is 0 Å². The summed E-state index contributed by atoms with van der Waals surface area (Å²) in [6.07, 6.45) is 2.27. The maximum atomic E-state index is 12.1. The molecule has 3 rings (SSSR count). The van der Waals surface area contributed by atoms with Crippen LogP contribution >= 0.6 is 11.3 Å². The van der Waals surface area contributed by atoms with E-state index in [1.807, 2.05) is 25.5 Å². The molecule has 0 saturated heterocycles. The van der Waals surface area contributed by atoms with Crippen molar-refractivity contribution >= 4 is 17.2 Å². The number of amides is 1. The van der Waals surface area contributed by atoms with Gasteiger partial charge in [-0.1, -0.05) is 11.2 Å². The van der Waals surface area contributed by atoms with Crippen molar-refractivity contribution in [3.8, 4) is 0 Å². The van der Waals surface area contributed by atoms with E-state index in [1.165, 1.54) is 4.88 Å². The first-order chi connectivity index (χ1) is 10.1. The molecular formula is C15H19N3O2S. The van der Waals surface area contributed by atoms with Crippen LogP contribution in [0.1, 0.15) is 45.9 Å². The van der Waals surface area contributed by atoms with E-state index < -0.39 is 0 Å². The molecule has 2 heterocycles. The first-order valence-electron chi connectivity index (χ1n) is 7.10. The number of carbonyl (C=O) groups excluding carboxylic acids is 1. The van der Waals surface area contributed by atoms with Crippen molar-refractivity contribution in [3.63, 3.8) is 0 Å². The van der Waals surface area contributed by atoms with Gasteiger partial charge in [0.2, 0.25) is 0 Å². The SMILES string of the molecule is CN(C)[C@@H](CNC(=O)c1cc(C2CC2)on1)c1cccs1. The van der Waals surface area contributed by atoms with E-state index in [2.05, 4.69) is 21.4 Å². The second kappa shape index (κ2) is 5.99. The number of aromatic nitrogens is 1. The maximum Gasteiger partial charge on any atom is 0.273 e. The average molecular weight is 305 g/mol. The van der Waals surface area contributed by atoms with Gasteiger partial charge in [-0.05, 0) is 38.4 Å². The van der Waals surface area contributed by atoms with Crippen LogP contribution in [0.25, 0.3) is 0 Å². The first kappa shape index (κ1) is 14.3. The Hall–Kier alpha value is -1.66. The molecule has 0 spiro atoms. The lowest BCUT2D eigenvalue weighted by Gasteiger charge is -2.23. The molecule has 112 valence electrons. The molecule has 1 fully saturated rings. The maximum absolute atomic E-state index is 12.1. The van der Waals surface area contributed by atoms with Gasteiger partial charge in [0.05, 0.1) is 6.04 Å². The van der Waals surface area contributed by atoms with E-state index in [9.17, 15) is 4.79 Å². The van der Waals surface area contributed by atoms with Crippen molar-refractivity contribution in [2.75, 3.05) is 20.6 Å². The van der Waals surface area contributed by atoms with Gasteiger partial charge in [0, 0.05) is 23.4 Å². The molecule has 0 aliphatic heterocycles. The third-order valence-electron chi connectivity index (χ3n) is 3.69. The third kappa shape index (κ3) is 3.33. The molecular weight excluding hydrogens is 286 g/mol. The minimum Gasteiger partial charge on any atom is -0.360 e. The highest BCUT2D eigenvalue weighted by atomic mass is 32.1. The zero-order valence-corrected chi connectivity index (χ0v) is 13.0. The molecule has 0 radical (unpaired) electrons. The second-order valence-corrected chi connectivity index (χ2v) is 6.57. The van der Waals surface area contributed by atoms with Gasteiger partial charge < -0.3 is 14.7 Å². The topological polar surface area (TPSA) is 58.4 Å². The summed E-state index contributed by atoms with van der Waals surface area (Å²) in [5.41, 5.74) is 0.376. The summed E-state index contributed by atoms with van der Waals surface area (Å²) in [7, 11) is 4.02. The molecule has 1 saturated carbocycles. The van der Waals surface area contributed by atoms with Gasteiger partial charge in [-0.2, -0.15) is 0 Å². The third-order valence-corrected chi connectivity index (χ3v) is 4.67. The fourth-order valence-corrected chi connectivity index (χ4v) is 3.18. The van der Waals surface area contributed by atoms with Gasteiger partial charge in [0.25, 0.3) is 5.91 Å². The lowest BCUT2D eigenvalue weighted by molar-refractivity contribution is 0.0933. The van der Waals surface area contributed by atoms with Crippen LogP contribution in [0.4, 0.5) is 0 Å². The number of hydrogen-bond donors (Lipinski definition) is 1. The molecule has 0 bridgehead atoms. The molecule has 1 atom stereocenters. The highest BCUT2D eigenvalue weighted by Crippen LogP contribution is 2.40. The summed E-state index contributed by atoms with van der Waals surface area (Å²) in [4.78, 5) is 15.5. The Kier molecular flexibility index (Phi) is 4.07. The highest BCUT2D eigenvalue weighted by molar-refractivity contribution is 7.10. The molecule has 1 N–H and O–H groups in total. The lowest BCUT2D eigenvalue weighted by atomic mass is 10.2. The quantitative estimate of drug-likeness (QED) is 0.891. The Labute approximate surface area is 127 Å². The number of nitrogens with zero attached hydrogens (tertiary/aromatic N) is 2. The Balaban J connectivity index is 1.60. The Morgan fingerprint density at radius 3 is 3.00 bits per heavy atom. The fraction of sp³-hybridized carbons (Fsp3) is 0.467. The monoisotopic (exact) mass is 305 g/mol. The molecule has 2 aromatic heterocycles. The summed E-state index contributed by atoms with van der Waals surface area (Å²) in [6, 6.07) is 6.05. The van der Waals surface area contributed by atoms with Crippen molar-refractivity contribution < 1.29 is 9.32 Å². The normalized spacial score (nSPS) is 16.1. The van der Waals surface area contributed by atoms with E-state index >= 15 is 0 Å². The lowest BCUT2D eigenvalue weighted by Crippen LogP contribution is -2.34. The van der Waals surface area contributed by atoms with E-state index in [1.54, 1.807) is 17.4 Å². The molecule has 0 aromatic carbocycles. The molecule has 5 nitrogen and oxygen atoms in total. The first-order valence-corrected chi connectivity index (χ1v) is 7.97. The van der Waals surface area contributed by atoms with Crippen LogP contribution in [0.3, 0.4) is 0 Å². The van der Waals surface area contributed by atoms with E-state index in [0.717, 1.165) is 18.6 Å². The van der Waals surface area contributed by atoms with Gasteiger partial charge >= 0.3 is 0 Å². The van der Waals surface area contributed by atoms with Crippen molar-refractivity contribution in [3.05, 3.63) is 39.9 Å². The zero-order valence-electron chi connectivity index (χ0n) is 12.2. The van der Waals surface area contributed by atoms with E-state index in [4.69, 9.17) is 4.52 Å². The second-order valence-electron chi connectivity index (χ2n) is 5.59. The number of carbonyl (C=O) groups is 1. The van der Waals surface area contributed by atoms with Crippen LogP contribution in [0.2, 0.25) is 0 Å². The summed E-state index contributed by atoms with van der Waals surface area (Å²) in [6.45, 7) is 0.554. The summed E-state index contributed by atoms with van der Waals surface area (Å²) < 4.78 is 5.22. The van der Waals surface area contributed by atoms with Crippen LogP contribution in [0, 0.1) is 0 Å². The molecule has 21 heavy (non-hydrogen) atoms. The Morgan fingerprint density at radius 1 is 1.57 bits per heavy atom. The predicted octanol–water partition coefficient (Wildman–Crippen LogP) is 2.65. The van der Waals surface area contributed by atoms with Crippen LogP contribution in [0.15, 0.2) is 28.1 Å². The van der Waals surface area contributed by atoms with Gasteiger partial charge in [-0.25, -0.2) is 0 Å².